The van der Waals surface area contributed by atoms with Crippen LogP contribution >= 0.6 is 0 Å². The average molecular weight is 137 g/mol. The predicted octanol–water partition coefficient (Wildman–Crippen LogP) is 1.85. The summed E-state index contributed by atoms with van der Waals surface area (Å²) in [6.45, 7) is 0.740. The van der Waals surface area contributed by atoms with Crippen molar-refractivity contribution in [2.45, 2.75) is 25.7 Å². The van der Waals surface area contributed by atoms with E-state index in [1.807, 2.05) is 6.08 Å². The second kappa shape index (κ2) is 4.32. The molecule has 1 saturated carbocycles. The van der Waals surface area contributed by atoms with Crippen LogP contribution in [0.25, 0.3) is 0 Å². The molecule has 0 saturated heterocycles. The standard InChI is InChI=1S/C9H15N/c10-8-4-2-1-3-5-9-6-7-9/h2-3,9H,4-8,10H2. The topological polar surface area (TPSA) is 26.0 Å². The van der Waals surface area contributed by atoms with Gasteiger partial charge in [0.05, 0.1) is 0 Å². The molecule has 0 heterocycles. The highest BCUT2D eigenvalue weighted by Gasteiger charge is 2.18. The molecule has 0 aliphatic heterocycles. The summed E-state index contributed by atoms with van der Waals surface area (Å²) in [7, 11) is 0. The monoisotopic (exact) mass is 137 g/mol. The first-order valence-electron chi connectivity index (χ1n) is 4.03. The maximum Gasteiger partial charge on any atom is -0.00365 e. The molecule has 1 aliphatic rings. The van der Waals surface area contributed by atoms with Crippen molar-refractivity contribution in [2.24, 2.45) is 11.7 Å². The van der Waals surface area contributed by atoms with Gasteiger partial charge in [-0.3, -0.25) is 0 Å². The zero-order valence-corrected chi connectivity index (χ0v) is 6.34. The van der Waals surface area contributed by atoms with Crippen molar-refractivity contribution in [2.75, 3.05) is 6.54 Å². The Morgan fingerprint density at radius 3 is 2.80 bits per heavy atom. The molecule has 10 heavy (non-hydrogen) atoms. The van der Waals surface area contributed by atoms with Crippen LogP contribution in [0.2, 0.25) is 0 Å². The van der Waals surface area contributed by atoms with E-state index in [4.69, 9.17) is 5.73 Å². The Morgan fingerprint density at radius 2 is 2.20 bits per heavy atom. The average Bonchev–Trinajstić information content (AvgIpc) is 2.71. The normalized spacial score (nSPS) is 16.1. The van der Waals surface area contributed by atoms with E-state index in [0.29, 0.717) is 0 Å². The van der Waals surface area contributed by atoms with Crippen LogP contribution in [0.5, 0.6) is 0 Å². The quantitative estimate of drug-likeness (QED) is 0.588. The SMILES string of the molecule is NCCC=C=CCC1CC1. The van der Waals surface area contributed by atoms with E-state index < -0.39 is 0 Å². The van der Waals surface area contributed by atoms with Gasteiger partial charge in [0.2, 0.25) is 0 Å². The van der Waals surface area contributed by atoms with E-state index in [1.165, 1.54) is 19.3 Å². The van der Waals surface area contributed by atoms with Gasteiger partial charge in [-0.2, -0.15) is 0 Å². The van der Waals surface area contributed by atoms with E-state index in [9.17, 15) is 0 Å². The van der Waals surface area contributed by atoms with Gasteiger partial charge in [0.1, 0.15) is 0 Å². The number of hydrogen-bond acceptors (Lipinski definition) is 1. The molecule has 0 unspecified atom stereocenters. The Balaban J connectivity index is 2.02. The van der Waals surface area contributed by atoms with Gasteiger partial charge in [0.25, 0.3) is 0 Å². The molecule has 0 aromatic heterocycles. The molecule has 1 nitrogen and oxygen atoms in total. The number of nitrogens with two attached hydrogens (primary N) is 1. The van der Waals surface area contributed by atoms with Crippen molar-refractivity contribution in [3.63, 3.8) is 0 Å². The maximum atomic E-state index is 5.30. The minimum Gasteiger partial charge on any atom is -0.330 e. The van der Waals surface area contributed by atoms with Crippen molar-refractivity contribution >= 4 is 0 Å². The minimum atomic E-state index is 0.740. The highest BCUT2D eigenvalue weighted by atomic mass is 14.5. The van der Waals surface area contributed by atoms with Crippen molar-refractivity contribution in [3.8, 4) is 0 Å². The highest BCUT2D eigenvalue weighted by Crippen LogP contribution is 2.32. The highest BCUT2D eigenvalue weighted by molar-refractivity contribution is 4.89. The summed E-state index contributed by atoms with van der Waals surface area (Å²) in [4.78, 5) is 0. The van der Waals surface area contributed by atoms with Crippen LogP contribution < -0.4 is 5.73 Å². The molecular formula is C9H15N. The van der Waals surface area contributed by atoms with Crippen LogP contribution in [-0.4, -0.2) is 6.54 Å². The lowest BCUT2D eigenvalue weighted by Crippen LogP contribution is -1.94. The molecule has 0 bridgehead atoms. The van der Waals surface area contributed by atoms with Crippen LogP contribution in [0.15, 0.2) is 17.9 Å². The molecule has 2 N–H and O–H groups in total. The molecule has 1 fully saturated rings. The summed E-state index contributed by atoms with van der Waals surface area (Å²) >= 11 is 0. The van der Waals surface area contributed by atoms with Gasteiger partial charge >= 0.3 is 0 Å². The molecule has 0 atom stereocenters. The van der Waals surface area contributed by atoms with Crippen LogP contribution in [-0.2, 0) is 0 Å². The zero-order chi connectivity index (χ0) is 7.23. The number of rotatable bonds is 4. The Kier molecular flexibility index (Phi) is 3.28. The third-order valence-electron chi connectivity index (χ3n) is 1.69. The molecule has 0 radical (unpaired) electrons. The van der Waals surface area contributed by atoms with E-state index >= 15 is 0 Å². The van der Waals surface area contributed by atoms with Gasteiger partial charge in [0.15, 0.2) is 0 Å². The molecular weight excluding hydrogens is 122 g/mol. The first-order chi connectivity index (χ1) is 4.93. The Labute approximate surface area is 62.6 Å². The van der Waals surface area contributed by atoms with E-state index in [2.05, 4.69) is 11.8 Å². The summed E-state index contributed by atoms with van der Waals surface area (Å²) in [6.07, 6.45) is 9.18. The fraction of sp³-hybridized carbons (Fsp3) is 0.667. The third kappa shape index (κ3) is 3.49. The van der Waals surface area contributed by atoms with Crippen LogP contribution in [0.4, 0.5) is 0 Å². The van der Waals surface area contributed by atoms with Crippen LogP contribution in [0, 0.1) is 5.92 Å². The minimum absolute atomic E-state index is 0.740. The fourth-order valence-corrected chi connectivity index (χ4v) is 0.838. The lowest BCUT2D eigenvalue weighted by molar-refractivity contribution is 0.863. The summed E-state index contributed by atoms with van der Waals surface area (Å²) < 4.78 is 0. The van der Waals surface area contributed by atoms with Gasteiger partial charge in [0, 0.05) is 0 Å². The Bertz CT molecular complexity index is 139. The molecule has 0 spiro atoms. The van der Waals surface area contributed by atoms with E-state index in [0.717, 1.165) is 18.9 Å². The van der Waals surface area contributed by atoms with Crippen molar-refractivity contribution in [1.82, 2.24) is 0 Å². The Morgan fingerprint density at radius 1 is 1.40 bits per heavy atom. The van der Waals surface area contributed by atoms with Gasteiger partial charge < -0.3 is 5.73 Å². The van der Waals surface area contributed by atoms with Crippen LogP contribution in [0.1, 0.15) is 25.7 Å². The second-order valence-corrected chi connectivity index (χ2v) is 2.83. The Hall–Kier alpha value is -0.520. The summed E-state index contributed by atoms with van der Waals surface area (Å²) in [5.41, 5.74) is 8.43. The van der Waals surface area contributed by atoms with Gasteiger partial charge in [-0.25, -0.2) is 0 Å². The van der Waals surface area contributed by atoms with E-state index in [-0.39, 0.29) is 0 Å². The first-order valence-corrected chi connectivity index (χ1v) is 4.03. The molecule has 1 heteroatoms. The van der Waals surface area contributed by atoms with Gasteiger partial charge in [-0.1, -0.05) is 0 Å². The molecule has 1 rings (SSSR count). The summed E-state index contributed by atoms with van der Waals surface area (Å²) in [5.74, 6) is 0.985. The maximum absolute atomic E-state index is 5.30. The third-order valence-corrected chi connectivity index (χ3v) is 1.69. The molecule has 56 valence electrons. The van der Waals surface area contributed by atoms with Gasteiger partial charge in [-0.05, 0) is 50.3 Å². The largest absolute Gasteiger partial charge is 0.330 e. The molecule has 0 aromatic carbocycles. The van der Waals surface area contributed by atoms with Crippen molar-refractivity contribution in [1.29, 1.82) is 0 Å². The molecule has 1 aliphatic carbocycles. The molecule has 0 aromatic rings. The lowest BCUT2D eigenvalue weighted by atomic mass is 10.3. The zero-order valence-electron chi connectivity index (χ0n) is 6.34. The van der Waals surface area contributed by atoms with E-state index in [1.54, 1.807) is 0 Å². The lowest BCUT2D eigenvalue weighted by Gasteiger charge is -1.80. The summed E-state index contributed by atoms with van der Waals surface area (Å²) in [6, 6.07) is 0. The smallest absolute Gasteiger partial charge is 0.00365 e. The van der Waals surface area contributed by atoms with Gasteiger partial charge in [-0.15, -0.1) is 5.73 Å². The molecule has 0 amide bonds. The van der Waals surface area contributed by atoms with Crippen molar-refractivity contribution < 1.29 is 0 Å². The number of hydrogen-bond donors (Lipinski definition) is 1. The first kappa shape index (κ1) is 7.59. The second-order valence-electron chi connectivity index (χ2n) is 2.83. The van der Waals surface area contributed by atoms with Crippen LogP contribution in [0.3, 0.4) is 0 Å². The predicted molar refractivity (Wildman–Crippen MR) is 43.7 cm³/mol. The van der Waals surface area contributed by atoms with Crippen molar-refractivity contribution in [3.05, 3.63) is 17.9 Å². The fourth-order valence-electron chi connectivity index (χ4n) is 0.838. The summed E-state index contributed by atoms with van der Waals surface area (Å²) in [5, 5.41) is 0.